The third kappa shape index (κ3) is 3.28. The zero-order valence-electron chi connectivity index (χ0n) is 10.1. The number of nitrogens with zero attached hydrogens (tertiary/aromatic N) is 1. The van der Waals surface area contributed by atoms with E-state index in [4.69, 9.17) is 0 Å². The van der Waals surface area contributed by atoms with E-state index in [9.17, 15) is 0 Å². The second kappa shape index (κ2) is 6.39. The highest BCUT2D eigenvalue weighted by atomic mass is 15.4. The monoisotopic (exact) mass is 187 g/mol. The Labute approximate surface area is 83.9 Å². The first-order chi connectivity index (χ1) is 6.16. The van der Waals surface area contributed by atoms with Crippen molar-refractivity contribution in [2.75, 3.05) is 32.7 Å². The summed E-state index contributed by atoms with van der Waals surface area (Å²) in [7, 11) is 0. The van der Waals surface area contributed by atoms with Crippen molar-refractivity contribution >= 4 is 0 Å². The molecule has 2 nitrogen and oxygen atoms in total. The Bertz CT molecular complexity index is 111. The van der Waals surface area contributed by atoms with Crippen LogP contribution in [0.15, 0.2) is 0 Å². The summed E-state index contributed by atoms with van der Waals surface area (Å²) in [4.78, 5) is 0. The molecule has 0 radical (unpaired) electrons. The molecule has 0 saturated heterocycles. The first-order valence-electron chi connectivity index (χ1n) is 5.73. The molecule has 2 heteroatoms. The first kappa shape index (κ1) is 12.9. The van der Waals surface area contributed by atoms with Gasteiger partial charge >= 0.3 is 0 Å². The van der Waals surface area contributed by atoms with Crippen molar-refractivity contribution in [3.8, 4) is 0 Å². The van der Waals surface area contributed by atoms with Crippen molar-refractivity contribution < 1.29 is 4.48 Å². The molecule has 0 amide bonds. The predicted molar refractivity (Wildman–Crippen MR) is 59.9 cm³/mol. The molecule has 13 heavy (non-hydrogen) atoms. The van der Waals surface area contributed by atoms with Crippen LogP contribution in [-0.2, 0) is 0 Å². The second-order valence-electron chi connectivity index (χ2n) is 3.82. The van der Waals surface area contributed by atoms with E-state index in [1.54, 1.807) is 0 Å². The number of quaternary nitrogens is 1. The van der Waals surface area contributed by atoms with Crippen LogP contribution in [0.3, 0.4) is 0 Å². The lowest BCUT2D eigenvalue weighted by Gasteiger charge is -2.41. The van der Waals surface area contributed by atoms with Crippen LogP contribution < -0.4 is 5.32 Å². The van der Waals surface area contributed by atoms with Gasteiger partial charge in [0.25, 0.3) is 0 Å². The van der Waals surface area contributed by atoms with Crippen LogP contribution >= 0.6 is 0 Å². The molecular weight excluding hydrogens is 160 g/mol. The van der Waals surface area contributed by atoms with Gasteiger partial charge in [-0.2, -0.15) is 0 Å². The largest absolute Gasteiger partial charge is 0.321 e. The van der Waals surface area contributed by atoms with Crippen LogP contribution in [0, 0.1) is 0 Å². The van der Waals surface area contributed by atoms with Gasteiger partial charge in [-0.05, 0) is 34.2 Å². The quantitative estimate of drug-likeness (QED) is 0.600. The van der Waals surface area contributed by atoms with Crippen molar-refractivity contribution in [1.82, 2.24) is 5.32 Å². The number of rotatable bonds is 7. The molecule has 1 unspecified atom stereocenters. The smallest absolute Gasteiger partial charge is 0.0987 e. The molecule has 1 N–H and O–H groups in total. The molecule has 0 heterocycles. The summed E-state index contributed by atoms with van der Waals surface area (Å²) in [6.07, 6.45) is 0. The second-order valence-corrected chi connectivity index (χ2v) is 3.82. The van der Waals surface area contributed by atoms with Crippen LogP contribution in [0.25, 0.3) is 0 Å². The first-order valence-corrected chi connectivity index (χ1v) is 5.73. The van der Waals surface area contributed by atoms with E-state index >= 15 is 0 Å². The third-order valence-corrected chi connectivity index (χ3v) is 3.51. The Morgan fingerprint density at radius 3 is 1.77 bits per heavy atom. The van der Waals surface area contributed by atoms with Crippen LogP contribution in [0.1, 0.15) is 34.6 Å². The van der Waals surface area contributed by atoms with Crippen molar-refractivity contribution in [2.45, 2.75) is 40.7 Å². The van der Waals surface area contributed by atoms with Gasteiger partial charge in [0.1, 0.15) is 0 Å². The fraction of sp³-hybridized carbons (Fsp3) is 1.00. The number of nitrogens with one attached hydrogen (secondary N) is 1. The van der Waals surface area contributed by atoms with Crippen molar-refractivity contribution in [2.24, 2.45) is 0 Å². The highest BCUT2D eigenvalue weighted by Gasteiger charge is 2.27. The molecular formula is C11H27N2+. The summed E-state index contributed by atoms with van der Waals surface area (Å²) < 4.78 is 1.24. The topological polar surface area (TPSA) is 12.0 Å². The average Bonchev–Trinajstić information content (AvgIpc) is 2.18. The normalized spacial score (nSPS) is 14.5. The summed E-state index contributed by atoms with van der Waals surface area (Å²) in [6, 6.07) is 0.736. The standard InChI is InChI=1S/C11H27N2/c1-6-12-10-11(5)13(7-2,8-3)9-4/h11-12H,6-10H2,1-5H3/q+1. The van der Waals surface area contributed by atoms with Gasteiger partial charge in [-0.15, -0.1) is 0 Å². The molecule has 0 aromatic heterocycles. The van der Waals surface area contributed by atoms with Crippen molar-refractivity contribution in [1.29, 1.82) is 0 Å². The highest BCUT2D eigenvalue weighted by Crippen LogP contribution is 2.12. The minimum Gasteiger partial charge on any atom is -0.321 e. The Morgan fingerprint density at radius 1 is 1.00 bits per heavy atom. The lowest BCUT2D eigenvalue weighted by Crippen LogP contribution is -2.57. The lowest BCUT2D eigenvalue weighted by atomic mass is 10.2. The number of hydrogen-bond acceptors (Lipinski definition) is 1. The van der Waals surface area contributed by atoms with Gasteiger partial charge < -0.3 is 9.80 Å². The molecule has 0 aliphatic heterocycles. The fourth-order valence-electron chi connectivity index (χ4n) is 2.15. The summed E-state index contributed by atoms with van der Waals surface area (Å²) in [6.45, 7) is 17.4. The SMILES string of the molecule is CCNCC(C)[N+](CC)(CC)CC. The van der Waals surface area contributed by atoms with Crippen LogP contribution in [-0.4, -0.2) is 43.2 Å². The Hall–Kier alpha value is -0.0800. The van der Waals surface area contributed by atoms with Gasteiger partial charge in [-0.1, -0.05) is 6.92 Å². The van der Waals surface area contributed by atoms with Crippen LogP contribution in [0.5, 0.6) is 0 Å². The van der Waals surface area contributed by atoms with Gasteiger partial charge in [0.05, 0.1) is 25.7 Å². The predicted octanol–water partition coefficient (Wildman–Crippen LogP) is 1.86. The lowest BCUT2D eigenvalue weighted by molar-refractivity contribution is -0.943. The van der Waals surface area contributed by atoms with Crippen molar-refractivity contribution in [3.63, 3.8) is 0 Å². The fourth-order valence-corrected chi connectivity index (χ4v) is 2.15. The van der Waals surface area contributed by atoms with Crippen LogP contribution in [0.4, 0.5) is 0 Å². The molecule has 0 aliphatic rings. The minimum atomic E-state index is 0.736. The molecule has 0 bridgehead atoms. The molecule has 1 atom stereocenters. The Kier molecular flexibility index (Phi) is 6.35. The number of hydrogen-bond donors (Lipinski definition) is 1. The van der Waals surface area contributed by atoms with Gasteiger partial charge in [-0.25, -0.2) is 0 Å². The molecule has 0 spiro atoms. The molecule has 80 valence electrons. The average molecular weight is 187 g/mol. The zero-order valence-corrected chi connectivity index (χ0v) is 10.1. The summed E-state index contributed by atoms with van der Waals surface area (Å²) in [5.41, 5.74) is 0. The summed E-state index contributed by atoms with van der Waals surface area (Å²) in [5, 5.41) is 3.44. The maximum absolute atomic E-state index is 3.44. The van der Waals surface area contributed by atoms with E-state index in [-0.39, 0.29) is 0 Å². The summed E-state index contributed by atoms with van der Waals surface area (Å²) in [5.74, 6) is 0. The van der Waals surface area contributed by atoms with Crippen LogP contribution in [0.2, 0.25) is 0 Å². The summed E-state index contributed by atoms with van der Waals surface area (Å²) >= 11 is 0. The maximum Gasteiger partial charge on any atom is 0.0987 e. The molecule has 0 fully saturated rings. The molecule has 0 aliphatic carbocycles. The van der Waals surface area contributed by atoms with E-state index in [1.807, 2.05) is 0 Å². The Balaban J connectivity index is 4.17. The van der Waals surface area contributed by atoms with Gasteiger partial charge in [0, 0.05) is 6.54 Å². The van der Waals surface area contributed by atoms with E-state index in [2.05, 4.69) is 39.9 Å². The zero-order chi connectivity index (χ0) is 10.3. The van der Waals surface area contributed by atoms with E-state index in [1.165, 1.54) is 24.1 Å². The molecule has 0 rings (SSSR count). The van der Waals surface area contributed by atoms with Crippen molar-refractivity contribution in [3.05, 3.63) is 0 Å². The van der Waals surface area contributed by atoms with Gasteiger partial charge in [0.2, 0.25) is 0 Å². The third-order valence-electron chi connectivity index (χ3n) is 3.51. The van der Waals surface area contributed by atoms with Gasteiger partial charge in [-0.3, -0.25) is 0 Å². The van der Waals surface area contributed by atoms with E-state index in [0.29, 0.717) is 0 Å². The molecule has 0 aromatic carbocycles. The van der Waals surface area contributed by atoms with E-state index in [0.717, 1.165) is 19.1 Å². The Morgan fingerprint density at radius 2 is 1.46 bits per heavy atom. The maximum atomic E-state index is 3.44. The molecule has 0 saturated carbocycles. The minimum absolute atomic E-state index is 0.736. The van der Waals surface area contributed by atoms with E-state index < -0.39 is 0 Å². The molecule has 0 aromatic rings. The number of likely N-dealkylation sites (N-methyl/N-ethyl adjacent to an activating group) is 2. The highest BCUT2D eigenvalue weighted by molar-refractivity contribution is 4.56. The van der Waals surface area contributed by atoms with Gasteiger partial charge in [0.15, 0.2) is 0 Å².